The predicted molar refractivity (Wildman–Crippen MR) is 48.3 cm³/mol. The van der Waals surface area contributed by atoms with Crippen molar-refractivity contribution < 1.29 is 13.5 Å². The molecule has 0 aliphatic rings. The fourth-order valence-electron chi connectivity index (χ4n) is 0.809. The van der Waals surface area contributed by atoms with Crippen LogP contribution in [0.15, 0.2) is 28.2 Å². The van der Waals surface area contributed by atoms with Gasteiger partial charge < -0.3 is 5.11 Å². The van der Waals surface area contributed by atoms with Crippen LogP contribution in [0.2, 0.25) is 0 Å². The Morgan fingerprint density at radius 3 is 2.64 bits per heavy atom. The van der Waals surface area contributed by atoms with Crippen LogP contribution in [0, 0.1) is 0 Å². The van der Waals surface area contributed by atoms with Crippen molar-refractivity contribution in [2.45, 2.75) is 4.90 Å². The van der Waals surface area contributed by atoms with E-state index < -0.39 is 10.0 Å². The lowest BCUT2D eigenvalue weighted by atomic mass is 10.3. The van der Waals surface area contributed by atoms with E-state index in [4.69, 9.17) is 15.8 Å². The number of sulfonamides is 1. The number of primary sulfonamides is 1. The summed E-state index contributed by atoms with van der Waals surface area (Å²) in [5, 5.41) is 17.0. The Morgan fingerprint density at radius 1 is 1.50 bits per heavy atom. The largest absolute Gasteiger partial charge is 0.507 e. The van der Waals surface area contributed by atoms with Gasteiger partial charge in [0.05, 0.1) is 10.6 Å². The van der Waals surface area contributed by atoms with E-state index in [9.17, 15) is 8.42 Å². The molecule has 1 aromatic carbocycles. The Kier molecular flexibility index (Phi) is 2.61. The second-order valence-electron chi connectivity index (χ2n) is 2.38. The molecule has 0 fully saturated rings. The van der Waals surface area contributed by atoms with Crippen LogP contribution in [0.25, 0.3) is 10.4 Å². The van der Waals surface area contributed by atoms with Crippen molar-refractivity contribution in [3.05, 3.63) is 28.6 Å². The van der Waals surface area contributed by atoms with E-state index in [2.05, 4.69) is 10.0 Å². The molecule has 7 nitrogen and oxygen atoms in total. The van der Waals surface area contributed by atoms with Gasteiger partial charge in [0.2, 0.25) is 10.0 Å². The molecule has 1 rings (SSSR count). The highest BCUT2D eigenvalue weighted by atomic mass is 32.2. The topological polar surface area (TPSA) is 129 Å². The lowest BCUT2D eigenvalue weighted by Crippen LogP contribution is -2.11. The molecule has 0 atom stereocenters. The molecular formula is C6H6N4O3S. The molecule has 0 aliphatic carbocycles. The number of nitrogens with zero attached hydrogens (tertiary/aromatic N) is 3. The summed E-state index contributed by atoms with van der Waals surface area (Å²) in [6, 6.07) is 3.19. The number of aromatic hydroxyl groups is 1. The van der Waals surface area contributed by atoms with Crippen LogP contribution in [0.1, 0.15) is 0 Å². The lowest BCUT2D eigenvalue weighted by Gasteiger charge is -2.00. The fraction of sp³-hybridized carbons (Fsp3) is 0. The van der Waals surface area contributed by atoms with E-state index >= 15 is 0 Å². The average molecular weight is 214 g/mol. The van der Waals surface area contributed by atoms with E-state index in [0.29, 0.717) is 0 Å². The number of rotatable bonds is 2. The molecule has 74 valence electrons. The summed E-state index contributed by atoms with van der Waals surface area (Å²) in [7, 11) is -3.85. The number of phenolic OH excluding ortho intramolecular Hbond substituents is 1. The third-order valence-electron chi connectivity index (χ3n) is 1.43. The molecule has 8 heteroatoms. The van der Waals surface area contributed by atoms with Gasteiger partial charge in [-0.1, -0.05) is 5.11 Å². The van der Waals surface area contributed by atoms with Crippen molar-refractivity contribution in [1.29, 1.82) is 0 Å². The number of phenols is 1. The summed E-state index contributed by atoms with van der Waals surface area (Å²) < 4.78 is 21.7. The van der Waals surface area contributed by atoms with E-state index in [-0.39, 0.29) is 16.3 Å². The first kappa shape index (κ1) is 10.3. The van der Waals surface area contributed by atoms with Gasteiger partial charge in [-0.25, -0.2) is 13.6 Å². The Balaban J connectivity index is 3.41. The maximum atomic E-state index is 10.9. The lowest BCUT2D eigenvalue weighted by molar-refractivity contribution is 0.476. The zero-order chi connectivity index (χ0) is 10.8. The molecule has 0 saturated carbocycles. The Labute approximate surface area is 79.5 Å². The predicted octanol–water partition coefficient (Wildman–Crippen LogP) is 0.981. The van der Waals surface area contributed by atoms with E-state index in [1.54, 1.807) is 0 Å². The molecule has 0 aliphatic heterocycles. The number of hydrogen-bond acceptors (Lipinski definition) is 4. The van der Waals surface area contributed by atoms with Gasteiger partial charge in [0.1, 0.15) is 5.75 Å². The first-order valence-corrected chi connectivity index (χ1v) is 4.90. The Morgan fingerprint density at radius 2 is 2.14 bits per heavy atom. The van der Waals surface area contributed by atoms with E-state index in [1.165, 1.54) is 0 Å². The van der Waals surface area contributed by atoms with Crippen molar-refractivity contribution in [2.24, 2.45) is 10.3 Å². The SMILES string of the molecule is [N-]=[N+]=Nc1cc(S(N)(=O)=O)ccc1O. The van der Waals surface area contributed by atoms with Crippen molar-refractivity contribution in [1.82, 2.24) is 0 Å². The molecule has 0 saturated heterocycles. The van der Waals surface area contributed by atoms with Gasteiger partial charge in [0.25, 0.3) is 0 Å². The molecule has 0 heterocycles. The second kappa shape index (κ2) is 3.54. The molecule has 0 aromatic heterocycles. The minimum atomic E-state index is -3.85. The van der Waals surface area contributed by atoms with E-state index in [1.807, 2.05) is 0 Å². The van der Waals surface area contributed by atoms with Crippen LogP contribution in [-0.4, -0.2) is 13.5 Å². The van der Waals surface area contributed by atoms with Gasteiger partial charge >= 0.3 is 0 Å². The Bertz CT molecular complexity index is 504. The van der Waals surface area contributed by atoms with Gasteiger partial charge in [-0.05, 0) is 23.7 Å². The van der Waals surface area contributed by atoms with Crippen molar-refractivity contribution in [3.8, 4) is 5.75 Å². The van der Waals surface area contributed by atoms with Gasteiger partial charge in [-0.2, -0.15) is 0 Å². The normalized spacial score (nSPS) is 10.6. The first-order valence-electron chi connectivity index (χ1n) is 3.36. The monoisotopic (exact) mass is 214 g/mol. The van der Waals surface area contributed by atoms with Crippen LogP contribution in [0.3, 0.4) is 0 Å². The molecule has 0 amide bonds. The third-order valence-corrected chi connectivity index (χ3v) is 2.34. The zero-order valence-corrected chi connectivity index (χ0v) is 7.64. The molecular weight excluding hydrogens is 208 g/mol. The highest BCUT2D eigenvalue weighted by Gasteiger charge is 2.09. The zero-order valence-electron chi connectivity index (χ0n) is 6.82. The van der Waals surface area contributed by atoms with Crippen molar-refractivity contribution >= 4 is 15.7 Å². The first-order chi connectivity index (χ1) is 6.45. The number of benzene rings is 1. The van der Waals surface area contributed by atoms with Crippen LogP contribution < -0.4 is 5.14 Å². The molecule has 0 spiro atoms. The summed E-state index contributed by atoms with van der Waals surface area (Å²) in [5.41, 5.74) is 7.92. The quantitative estimate of drug-likeness (QED) is 0.432. The van der Waals surface area contributed by atoms with Crippen molar-refractivity contribution in [2.75, 3.05) is 0 Å². The van der Waals surface area contributed by atoms with Crippen LogP contribution in [0.5, 0.6) is 5.75 Å². The number of hydrogen-bond donors (Lipinski definition) is 2. The van der Waals surface area contributed by atoms with Crippen molar-refractivity contribution in [3.63, 3.8) is 0 Å². The molecule has 1 aromatic rings. The summed E-state index contributed by atoms with van der Waals surface area (Å²) in [6.07, 6.45) is 0. The summed E-state index contributed by atoms with van der Waals surface area (Å²) in [5.74, 6) is -0.310. The highest BCUT2D eigenvalue weighted by Crippen LogP contribution is 2.28. The summed E-state index contributed by atoms with van der Waals surface area (Å²) in [6.45, 7) is 0. The van der Waals surface area contributed by atoms with Gasteiger partial charge in [-0.15, -0.1) is 0 Å². The molecule has 0 unspecified atom stereocenters. The molecule has 3 N–H and O–H groups in total. The van der Waals surface area contributed by atoms with Gasteiger partial charge in [-0.3, -0.25) is 0 Å². The molecule has 0 radical (unpaired) electrons. The Hall–Kier alpha value is -1.76. The smallest absolute Gasteiger partial charge is 0.238 e. The maximum absolute atomic E-state index is 10.9. The maximum Gasteiger partial charge on any atom is 0.238 e. The average Bonchev–Trinajstić information content (AvgIpc) is 2.07. The van der Waals surface area contributed by atoms with Gasteiger partial charge in [0, 0.05) is 4.91 Å². The minimum Gasteiger partial charge on any atom is -0.507 e. The van der Waals surface area contributed by atoms with Crippen LogP contribution >= 0.6 is 0 Å². The van der Waals surface area contributed by atoms with Crippen LogP contribution in [-0.2, 0) is 10.0 Å². The fourth-order valence-corrected chi connectivity index (χ4v) is 1.34. The number of azide groups is 1. The molecule has 14 heavy (non-hydrogen) atoms. The summed E-state index contributed by atoms with van der Waals surface area (Å²) in [4.78, 5) is 2.19. The molecule has 0 bridgehead atoms. The van der Waals surface area contributed by atoms with E-state index in [0.717, 1.165) is 18.2 Å². The minimum absolute atomic E-state index is 0.181. The standard InChI is InChI=1S/C6H6N4O3S/c7-10-9-5-3-4(14(8,12)13)1-2-6(5)11/h1-3,11H,(H2,8,12,13). The number of nitrogens with two attached hydrogens (primary N) is 1. The van der Waals surface area contributed by atoms with Crippen LogP contribution in [0.4, 0.5) is 5.69 Å². The summed E-state index contributed by atoms with van der Waals surface area (Å²) >= 11 is 0. The van der Waals surface area contributed by atoms with Gasteiger partial charge in [0.15, 0.2) is 0 Å². The highest BCUT2D eigenvalue weighted by molar-refractivity contribution is 7.89. The second-order valence-corrected chi connectivity index (χ2v) is 3.95. The third kappa shape index (κ3) is 2.13.